The topological polar surface area (TPSA) is 29.5 Å². The number of benzene rings is 2. The molecule has 24 heavy (non-hydrogen) atoms. The van der Waals surface area contributed by atoms with E-state index >= 15 is 0 Å². The molecule has 1 fully saturated rings. The first-order valence-electron chi connectivity index (χ1n) is 8.66. The van der Waals surface area contributed by atoms with Gasteiger partial charge < -0.3 is 4.74 Å². The van der Waals surface area contributed by atoms with Gasteiger partial charge in [0.2, 0.25) is 0 Å². The third-order valence-corrected chi connectivity index (χ3v) is 4.87. The molecule has 1 saturated heterocycles. The maximum absolute atomic E-state index is 12.5. The average molecular weight is 323 g/mol. The molecule has 2 aromatic rings. The van der Waals surface area contributed by atoms with Crippen LogP contribution in [0.1, 0.15) is 30.1 Å². The number of ketones is 1. The minimum Gasteiger partial charge on any atom is -0.497 e. The van der Waals surface area contributed by atoms with E-state index in [4.69, 9.17) is 4.74 Å². The second-order valence-corrected chi connectivity index (χ2v) is 6.69. The summed E-state index contributed by atoms with van der Waals surface area (Å²) in [5, 5.41) is 0. The van der Waals surface area contributed by atoms with Gasteiger partial charge in [-0.3, -0.25) is 9.69 Å². The smallest absolute Gasteiger partial charge is 0.176 e. The van der Waals surface area contributed by atoms with Gasteiger partial charge in [-0.25, -0.2) is 0 Å². The van der Waals surface area contributed by atoms with Crippen LogP contribution < -0.4 is 4.74 Å². The second-order valence-electron chi connectivity index (χ2n) is 6.69. The molecule has 126 valence electrons. The number of carbonyl (C=O) groups excluding carboxylic acids is 1. The van der Waals surface area contributed by atoms with Crippen molar-refractivity contribution in [3.8, 4) is 16.9 Å². The van der Waals surface area contributed by atoms with Crippen molar-refractivity contribution in [2.24, 2.45) is 5.92 Å². The minimum absolute atomic E-state index is 0.214. The number of likely N-dealkylation sites (tertiary alicyclic amines) is 1. The zero-order chi connectivity index (χ0) is 16.9. The van der Waals surface area contributed by atoms with Gasteiger partial charge in [0, 0.05) is 5.56 Å². The average Bonchev–Trinajstić information content (AvgIpc) is 2.64. The van der Waals surface area contributed by atoms with Gasteiger partial charge in [0.25, 0.3) is 0 Å². The Labute approximate surface area is 144 Å². The van der Waals surface area contributed by atoms with Crippen molar-refractivity contribution >= 4 is 5.78 Å². The number of methoxy groups -OCH3 is 1. The summed E-state index contributed by atoms with van der Waals surface area (Å²) in [6.45, 7) is 4.90. The SMILES string of the molecule is COc1ccc(-c2ccc(C(=O)CN3CCC(C)CC3)cc2)cc1. The van der Waals surface area contributed by atoms with Crippen LogP contribution in [0.4, 0.5) is 0 Å². The van der Waals surface area contributed by atoms with Crippen molar-refractivity contribution < 1.29 is 9.53 Å². The molecule has 0 radical (unpaired) electrons. The van der Waals surface area contributed by atoms with E-state index in [1.54, 1.807) is 7.11 Å². The summed E-state index contributed by atoms with van der Waals surface area (Å²) in [5.74, 6) is 1.85. The largest absolute Gasteiger partial charge is 0.497 e. The molecule has 1 aliphatic heterocycles. The lowest BCUT2D eigenvalue weighted by molar-refractivity contribution is 0.0900. The summed E-state index contributed by atoms with van der Waals surface area (Å²) in [5.41, 5.74) is 3.03. The number of hydrogen-bond acceptors (Lipinski definition) is 3. The maximum atomic E-state index is 12.5. The number of carbonyl (C=O) groups is 1. The summed E-state index contributed by atoms with van der Waals surface area (Å²) in [4.78, 5) is 14.7. The Morgan fingerprint density at radius 1 is 1.00 bits per heavy atom. The molecule has 2 aromatic carbocycles. The van der Waals surface area contributed by atoms with Crippen LogP contribution >= 0.6 is 0 Å². The lowest BCUT2D eigenvalue weighted by Crippen LogP contribution is -2.36. The van der Waals surface area contributed by atoms with E-state index < -0.39 is 0 Å². The fourth-order valence-electron chi connectivity index (χ4n) is 3.15. The Bertz CT molecular complexity index is 668. The van der Waals surface area contributed by atoms with Crippen LogP contribution in [0.3, 0.4) is 0 Å². The van der Waals surface area contributed by atoms with Crippen molar-refractivity contribution in [2.45, 2.75) is 19.8 Å². The van der Waals surface area contributed by atoms with Gasteiger partial charge in [-0.1, -0.05) is 43.3 Å². The van der Waals surface area contributed by atoms with Crippen molar-refractivity contribution in [1.82, 2.24) is 4.90 Å². The second kappa shape index (κ2) is 7.63. The molecular formula is C21H25NO2. The highest BCUT2D eigenvalue weighted by molar-refractivity contribution is 5.98. The molecule has 3 nitrogen and oxygen atoms in total. The van der Waals surface area contributed by atoms with Crippen LogP contribution in [-0.4, -0.2) is 37.4 Å². The van der Waals surface area contributed by atoms with Crippen molar-refractivity contribution in [3.05, 3.63) is 54.1 Å². The molecule has 0 bridgehead atoms. The predicted octanol–water partition coefficient (Wildman–Crippen LogP) is 4.28. The highest BCUT2D eigenvalue weighted by Crippen LogP contribution is 2.23. The van der Waals surface area contributed by atoms with Gasteiger partial charge in [0.05, 0.1) is 13.7 Å². The first-order chi connectivity index (χ1) is 11.7. The molecule has 0 aromatic heterocycles. The third-order valence-electron chi connectivity index (χ3n) is 4.87. The molecule has 3 heteroatoms. The van der Waals surface area contributed by atoms with Gasteiger partial charge >= 0.3 is 0 Å². The molecule has 1 aliphatic rings. The lowest BCUT2D eigenvalue weighted by atomic mass is 9.98. The zero-order valence-electron chi connectivity index (χ0n) is 14.5. The molecule has 0 aliphatic carbocycles. The Morgan fingerprint density at radius 2 is 1.54 bits per heavy atom. The number of nitrogens with zero attached hydrogens (tertiary/aromatic N) is 1. The summed E-state index contributed by atoms with van der Waals surface area (Å²) in [7, 11) is 1.67. The number of piperidine rings is 1. The zero-order valence-corrected chi connectivity index (χ0v) is 14.5. The predicted molar refractivity (Wildman–Crippen MR) is 97.6 cm³/mol. The van der Waals surface area contributed by atoms with Crippen LogP contribution in [0, 0.1) is 5.92 Å². The fourth-order valence-corrected chi connectivity index (χ4v) is 3.15. The van der Waals surface area contributed by atoms with Crippen LogP contribution in [0.2, 0.25) is 0 Å². The summed E-state index contributed by atoms with van der Waals surface area (Å²) >= 11 is 0. The van der Waals surface area contributed by atoms with Crippen molar-refractivity contribution in [1.29, 1.82) is 0 Å². The van der Waals surface area contributed by atoms with Crippen LogP contribution in [0.5, 0.6) is 5.75 Å². The molecule has 0 amide bonds. The highest BCUT2D eigenvalue weighted by Gasteiger charge is 2.18. The first-order valence-corrected chi connectivity index (χ1v) is 8.66. The number of Topliss-reactive ketones (excluding diaryl/α,β-unsaturated/α-hetero) is 1. The van der Waals surface area contributed by atoms with Crippen LogP contribution in [-0.2, 0) is 0 Å². The maximum Gasteiger partial charge on any atom is 0.176 e. The van der Waals surface area contributed by atoms with E-state index in [9.17, 15) is 4.79 Å². The highest BCUT2D eigenvalue weighted by atomic mass is 16.5. The quantitative estimate of drug-likeness (QED) is 0.769. The number of ether oxygens (including phenoxy) is 1. The summed E-state index contributed by atoms with van der Waals surface area (Å²) in [6.07, 6.45) is 2.40. The molecule has 0 N–H and O–H groups in total. The molecule has 1 heterocycles. The summed E-state index contributed by atoms with van der Waals surface area (Å²) < 4.78 is 5.19. The Hall–Kier alpha value is -2.13. The third kappa shape index (κ3) is 4.04. The first kappa shape index (κ1) is 16.7. The van der Waals surface area contributed by atoms with E-state index in [2.05, 4.69) is 11.8 Å². The van der Waals surface area contributed by atoms with Gasteiger partial charge in [-0.15, -0.1) is 0 Å². The van der Waals surface area contributed by atoms with Crippen LogP contribution in [0.25, 0.3) is 11.1 Å². The normalized spacial score (nSPS) is 16.1. The number of hydrogen-bond donors (Lipinski definition) is 0. The Kier molecular flexibility index (Phi) is 5.31. The van der Waals surface area contributed by atoms with E-state index in [1.165, 1.54) is 12.8 Å². The fraction of sp³-hybridized carbons (Fsp3) is 0.381. The molecule has 0 unspecified atom stereocenters. The molecule has 0 saturated carbocycles. The lowest BCUT2D eigenvalue weighted by Gasteiger charge is -2.29. The minimum atomic E-state index is 0.214. The van der Waals surface area contributed by atoms with E-state index in [1.807, 2.05) is 48.5 Å². The van der Waals surface area contributed by atoms with E-state index in [0.29, 0.717) is 6.54 Å². The molecular weight excluding hydrogens is 298 g/mol. The van der Waals surface area contributed by atoms with Crippen molar-refractivity contribution in [2.75, 3.05) is 26.7 Å². The molecule has 0 spiro atoms. The summed E-state index contributed by atoms with van der Waals surface area (Å²) in [6, 6.07) is 15.9. The van der Waals surface area contributed by atoms with E-state index in [-0.39, 0.29) is 5.78 Å². The monoisotopic (exact) mass is 323 g/mol. The standard InChI is InChI=1S/C21H25NO2/c1-16-11-13-22(14-12-16)15-21(23)19-5-3-17(4-6-19)18-7-9-20(24-2)10-8-18/h3-10,16H,11-15H2,1-2H3. The Morgan fingerprint density at radius 3 is 2.08 bits per heavy atom. The Balaban J connectivity index is 1.64. The molecule has 0 atom stereocenters. The van der Waals surface area contributed by atoms with Gasteiger partial charge in [-0.2, -0.15) is 0 Å². The van der Waals surface area contributed by atoms with Crippen LogP contribution in [0.15, 0.2) is 48.5 Å². The number of rotatable bonds is 5. The van der Waals surface area contributed by atoms with Gasteiger partial charge in [0.15, 0.2) is 5.78 Å². The van der Waals surface area contributed by atoms with Crippen molar-refractivity contribution in [3.63, 3.8) is 0 Å². The van der Waals surface area contributed by atoms with Gasteiger partial charge in [0.1, 0.15) is 5.75 Å². The molecule has 3 rings (SSSR count). The van der Waals surface area contributed by atoms with E-state index in [0.717, 1.165) is 41.4 Å². The van der Waals surface area contributed by atoms with Gasteiger partial charge in [-0.05, 0) is 55.1 Å².